The van der Waals surface area contributed by atoms with Crippen LogP contribution in [0.2, 0.25) is 0 Å². The normalized spacial score (nSPS) is 19.0. The Hall–Kier alpha value is -1.88. The third kappa shape index (κ3) is 2.18. The predicted molar refractivity (Wildman–Crippen MR) is 75.4 cm³/mol. The Morgan fingerprint density at radius 3 is 3.05 bits per heavy atom. The van der Waals surface area contributed by atoms with E-state index in [0.29, 0.717) is 12.5 Å². The summed E-state index contributed by atoms with van der Waals surface area (Å²) in [6.07, 6.45) is 5.14. The summed E-state index contributed by atoms with van der Waals surface area (Å²) in [7, 11) is 0. The molecular formula is C15H18N4O. The van der Waals surface area contributed by atoms with E-state index in [-0.39, 0.29) is 5.56 Å². The SMILES string of the molecule is O=c1[nH]c(C2CC2)nc2c1CN(Cc1ccc[nH]1)CC2. The zero-order chi connectivity index (χ0) is 13.5. The monoisotopic (exact) mass is 270 g/mol. The summed E-state index contributed by atoms with van der Waals surface area (Å²) in [5.41, 5.74) is 3.12. The molecule has 4 rings (SSSR count). The lowest BCUT2D eigenvalue weighted by Gasteiger charge is -2.27. The lowest BCUT2D eigenvalue weighted by molar-refractivity contribution is 0.239. The van der Waals surface area contributed by atoms with Crippen molar-refractivity contribution in [1.29, 1.82) is 0 Å². The molecule has 0 bridgehead atoms. The topological polar surface area (TPSA) is 64.8 Å². The van der Waals surface area contributed by atoms with Crippen LogP contribution < -0.4 is 5.56 Å². The van der Waals surface area contributed by atoms with Gasteiger partial charge < -0.3 is 9.97 Å². The maximum absolute atomic E-state index is 12.2. The zero-order valence-electron chi connectivity index (χ0n) is 11.4. The second kappa shape index (κ2) is 4.59. The van der Waals surface area contributed by atoms with E-state index in [9.17, 15) is 4.79 Å². The van der Waals surface area contributed by atoms with Gasteiger partial charge in [-0.2, -0.15) is 0 Å². The molecule has 0 spiro atoms. The Bertz CT molecular complexity index is 670. The minimum atomic E-state index is 0.0630. The number of H-pyrrole nitrogens is 2. The van der Waals surface area contributed by atoms with Crippen molar-refractivity contribution in [2.45, 2.75) is 38.3 Å². The molecule has 0 aromatic carbocycles. The summed E-state index contributed by atoms with van der Waals surface area (Å²) in [6, 6.07) is 4.08. The van der Waals surface area contributed by atoms with Crippen molar-refractivity contribution in [1.82, 2.24) is 19.9 Å². The summed E-state index contributed by atoms with van der Waals surface area (Å²) in [4.78, 5) is 25.4. The highest BCUT2D eigenvalue weighted by Gasteiger charge is 2.29. The molecular weight excluding hydrogens is 252 g/mol. The highest BCUT2D eigenvalue weighted by molar-refractivity contribution is 5.23. The Labute approximate surface area is 117 Å². The number of aromatic amines is 2. The fraction of sp³-hybridized carbons (Fsp3) is 0.467. The first-order chi connectivity index (χ1) is 9.79. The van der Waals surface area contributed by atoms with Crippen LogP contribution in [0.15, 0.2) is 23.1 Å². The molecule has 104 valence electrons. The molecule has 3 heterocycles. The predicted octanol–water partition coefficient (Wildman–Crippen LogP) is 1.53. The van der Waals surface area contributed by atoms with E-state index in [4.69, 9.17) is 0 Å². The maximum Gasteiger partial charge on any atom is 0.255 e. The summed E-state index contributed by atoms with van der Waals surface area (Å²) >= 11 is 0. The summed E-state index contributed by atoms with van der Waals surface area (Å²) in [5.74, 6) is 1.41. The molecule has 2 aromatic heterocycles. The lowest BCUT2D eigenvalue weighted by atomic mass is 10.1. The minimum absolute atomic E-state index is 0.0630. The summed E-state index contributed by atoms with van der Waals surface area (Å²) in [6.45, 7) is 2.52. The van der Waals surface area contributed by atoms with Crippen molar-refractivity contribution in [3.63, 3.8) is 0 Å². The largest absolute Gasteiger partial charge is 0.364 e. The molecule has 0 saturated heterocycles. The Morgan fingerprint density at radius 1 is 1.40 bits per heavy atom. The van der Waals surface area contributed by atoms with Crippen LogP contribution in [0, 0.1) is 0 Å². The van der Waals surface area contributed by atoms with Gasteiger partial charge >= 0.3 is 0 Å². The average molecular weight is 270 g/mol. The quantitative estimate of drug-likeness (QED) is 0.889. The van der Waals surface area contributed by atoms with Gasteiger partial charge in [-0.25, -0.2) is 4.98 Å². The number of hydrogen-bond acceptors (Lipinski definition) is 3. The Kier molecular flexibility index (Phi) is 2.73. The van der Waals surface area contributed by atoms with E-state index < -0.39 is 0 Å². The number of fused-ring (bicyclic) bond motifs is 1. The van der Waals surface area contributed by atoms with Crippen LogP contribution in [0.1, 0.15) is 41.5 Å². The third-order valence-corrected chi connectivity index (χ3v) is 4.19. The summed E-state index contributed by atoms with van der Waals surface area (Å²) < 4.78 is 0. The standard InChI is InChI=1S/C15H18N4O/c20-15-12-9-19(8-11-2-1-6-16-11)7-5-13(12)17-14(18-15)10-3-4-10/h1-2,6,10,16H,3-5,7-9H2,(H,17,18,20). The van der Waals surface area contributed by atoms with Gasteiger partial charge in [-0.15, -0.1) is 0 Å². The van der Waals surface area contributed by atoms with Gasteiger partial charge in [0.25, 0.3) is 5.56 Å². The summed E-state index contributed by atoms with van der Waals surface area (Å²) in [5, 5.41) is 0. The second-order valence-corrected chi connectivity index (χ2v) is 5.81. The highest BCUT2D eigenvalue weighted by Crippen LogP contribution is 2.37. The van der Waals surface area contributed by atoms with E-state index in [0.717, 1.165) is 36.6 Å². The zero-order valence-corrected chi connectivity index (χ0v) is 11.4. The van der Waals surface area contributed by atoms with Gasteiger partial charge in [0.1, 0.15) is 5.82 Å². The van der Waals surface area contributed by atoms with Crippen molar-refractivity contribution < 1.29 is 0 Å². The van der Waals surface area contributed by atoms with Gasteiger partial charge in [0.05, 0.1) is 11.3 Å². The van der Waals surface area contributed by atoms with Crippen molar-refractivity contribution in [3.05, 3.63) is 51.5 Å². The number of hydrogen-bond donors (Lipinski definition) is 2. The van der Waals surface area contributed by atoms with Crippen LogP contribution in [0.4, 0.5) is 0 Å². The Morgan fingerprint density at radius 2 is 2.30 bits per heavy atom. The van der Waals surface area contributed by atoms with Gasteiger partial charge in [0, 0.05) is 43.9 Å². The molecule has 0 atom stereocenters. The van der Waals surface area contributed by atoms with Gasteiger partial charge in [-0.05, 0) is 25.0 Å². The van der Waals surface area contributed by atoms with Crippen LogP contribution >= 0.6 is 0 Å². The molecule has 20 heavy (non-hydrogen) atoms. The average Bonchev–Trinajstić information content (AvgIpc) is 3.18. The molecule has 2 aliphatic rings. The number of aromatic nitrogens is 3. The molecule has 0 amide bonds. The molecule has 0 radical (unpaired) electrons. The third-order valence-electron chi connectivity index (χ3n) is 4.19. The first-order valence-electron chi connectivity index (χ1n) is 7.26. The first-order valence-corrected chi connectivity index (χ1v) is 7.26. The van der Waals surface area contributed by atoms with Crippen molar-refractivity contribution in [2.24, 2.45) is 0 Å². The molecule has 1 saturated carbocycles. The molecule has 1 fully saturated rings. The molecule has 0 unspecified atom stereocenters. The number of rotatable bonds is 3. The van der Waals surface area contributed by atoms with Crippen LogP contribution in [0.5, 0.6) is 0 Å². The molecule has 1 aliphatic heterocycles. The lowest BCUT2D eigenvalue weighted by Crippen LogP contribution is -2.35. The highest BCUT2D eigenvalue weighted by atomic mass is 16.1. The van der Waals surface area contributed by atoms with Crippen LogP contribution in [-0.4, -0.2) is 26.4 Å². The molecule has 1 aliphatic carbocycles. The van der Waals surface area contributed by atoms with Gasteiger partial charge in [-0.3, -0.25) is 9.69 Å². The van der Waals surface area contributed by atoms with E-state index in [1.807, 2.05) is 12.3 Å². The fourth-order valence-electron chi connectivity index (χ4n) is 2.89. The maximum atomic E-state index is 12.2. The van der Waals surface area contributed by atoms with E-state index in [1.54, 1.807) is 0 Å². The van der Waals surface area contributed by atoms with E-state index in [2.05, 4.69) is 25.9 Å². The van der Waals surface area contributed by atoms with Crippen molar-refractivity contribution in [3.8, 4) is 0 Å². The van der Waals surface area contributed by atoms with Crippen LogP contribution in [-0.2, 0) is 19.5 Å². The first kappa shape index (κ1) is 11.9. The van der Waals surface area contributed by atoms with Gasteiger partial charge in [0.2, 0.25) is 0 Å². The Balaban J connectivity index is 1.58. The van der Waals surface area contributed by atoms with E-state index in [1.165, 1.54) is 18.5 Å². The second-order valence-electron chi connectivity index (χ2n) is 5.81. The molecule has 5 nitrogen and oxygen atoms in total. The molecule has 2 aromatic rings. The van der Waals surface area contributed by atoms with Crippen molar-refractivity contribution >= 4 is 0 Å². The fourth-order valence-corrected chi connectivity index (χ4v) is 2.89. The minimum Gasteiger partial charge on any atom is -0.364 e. The van der Waals surface area contributed by atoms with Crippen molar-refractivity contribution in [2.75, 3.05) is 6.54 Å². The number of nitrogens with one attached hydrogen (secondary N) is 2. The number of nitrogens with zero attached hydrogens (tertiary/aromatic N) is 2. The van der Waals surface area contributed by atoms with Gasteiger partial charge in [0.15, 0.2) is 0 Å². The van der Waals surface area contributed by atoms with Crippen LogP contribution in [0.3, 0.4) is 0 Å². The van der Waals surface area contributed by atoms with Crippen LogP contribution in [0.25, 0.3) is 0 Å². The van der Waals surface area contributed by atoms with Gasteiger partial charge in [-0.1, -0.05) is 0 Å². The van der Waals surface area contributed by atoms with E-state index >= 15 is 0 Å². The smallest absolute Gasteiger partial charge is 0.255 e. The molecule has 2 N–H and O–H groups in total. The molecule has 5 heteroatoms.